The van der Waals surface area contributed by atoms with Crippen molar-refractivity contribution in [3.05, 3.63) is 58.4 Å². The first-order valence-electron chi connectivity index (χ1n) is 11.3. The number of amides is 1. The van der Waals surface area contributed by atoms with Crippen LogP contribution in [0.5, 0.6) is 0 Å². The number of carbonyl (C=O) groups is 1. The number of anilines is 1. The molecule has 1 aliphatic heterocycles. The lowest BCUT2D eigenvalue weighted by Gasteiger charge is -2.15. The first-order chi connectivity index (χ1) is 16.3. The second-order valence-electron chi connectivity index (χ2n) is 8.30. The van der Waals surface area contributed by atoms with Gasteiger partial charge in [-0.1, -0.05) is 13.0 Å². The number of non-ortho nitro benzene ring substituents is 1. The first-order valence-corrected chi connectivity index (χ1v) is 12.8. The second-order valence-corrected chi connectivity index (χ2v) is 10.2. The maximum atomic E-state index is 12.9. The molecular weight excluding hydrogens is 458 g/mol. The molecule has 2 heterocycles. The summed E-state index contributed by atoms with van der Waals surface area (Å²) in [5.74, 6) is 0.412. The van der Waals surface area contributed by atoms with Crippen LogP contribution in [0.1, 0.15) is 38.4 Å². The highest BCUT2D eigenvalue weighted by Crippen LogP contribution is 2.26. The Morgan fingerprint density at radius 3 is 2.65 bits per heavy atom. The maximum absolute atomic E-state index is 12.9. The Kier molecular flexibility index (Phi) is 6.94. The van der Waals surface area contributed by atoms with Crippen molar-refractivity contribution in [3.63, 3.8) is 0 Å². The highest BCUT2D eigenvalue weighted by molar-refractivity contribution is 7.89. The quantitative estimate of drug-likeness (QED) is 0.364. The summed E-state index contributed by atoms with van der Waals surface area (Å²) in [6.45, 7) is 3.80. The normalized spacial score (nSPS) is 14.5. The molecule has 1 N–H and O–H groups in total. The minimum Gasteiger partial charge on any atom is -0.328 e. The second kappa shape index (κ2) is 9.90. The van der Waals surface area contributed by atoms with Crippen molar-refractivity contribution in [2.24, 2.45) is 0 Å². The van der Waals surface area contributed by atoms with E-state index < -0.39 is 14.9 Å². The van der Waals surface area contributed by atoms with Gasteiger partial charge >= 0.3 is 0 Å². The van der Waals surface area contributed by atoms with Crippen LogP contribution in [0.4, 0.5) is 11.4 Å². The Bertz CT molecular complexity index is 1330. The molecule has 1 aromatic heterocycles. The summed E-state index contributed by atoms with van der Waals surface area (Å²) in [6, 6.07) is 10.8. The predicted molar refractivity (Wildman–Crippen MR) is 128 cm³/mol. The summed E-state index contributed by atoms with van der Waals surface area (Å²) < 4.78 is 29.4. The van der Waals surface area contributed by atoms with Crippen LogP contribution in [0.3, 0.4) is 0 Å². The number of rotatable bonds is 9. The number of nitrogens with one attached hydrogen (secondary N) is 1. The smallest absolute Gasteiger partial charge is 0.271 e. The topological polar surface area (TPSA) is 127 Å². The predicted octanol–water partition coefficient (Wildman–Crippen LogP) is 3.71. The standard InChI is InChI=1S/C23H27N5O5S/c1-2-12-27-21-9-8-19(34(32,33)26-13-3-4-14-26)16-20(21)25-22(27)10-11-23(29)24-17-6-5-7-18(15-17)28(30)31/h5-9,15-16H,2-4,10-14H2,1H3,(H,24,29). The third-order valence-electron chi connectivity index (χ3n) is 5.87. The average Bonchev–Trinajstić information content (AvgIpc) is 3.47. The van der Waals surface area contributed by atoms with E-state index in [1.165, 1.54) is 22.5 Å². The number of aromatic nitrogens is 2. The number of aryl methyl sites for hydroxylation is 2. The summed E-state index contributed by atoms with van der Waals surface area (Å²) in [4.78, 5) is 27.8. The number of nitrogens with zero attached hydrogens (tertiary/aromatic N) is 4. The molecule has 0 saturated carbocycles. The van der Waals surface area contributed by atoms with E-state index in [9.17, 15) is 23.3 Å². The van der Waals surface area contributed by atoms with Gasteiger partial charge in [-0.15, -0.1) is 0 Å². The van der Waals surface area contributed by atoms with Crippen molar-refractivity contribution < 1.29 is 18.1 Å². The first kappa shape index (κ1) is 23.8. The van der Waals surface area contributed by atoms with Gasteiger partial charge in [-0.2, -0.15) is 4.31 Å². The fraction of sp³-hybridized carbons (Fsp3) is 0.391. The van der Waals surface area contributed by atoms with Crippen LogP contribution >= 0.6 is 0 Å². The third-order valence-corrected chi connectivity index (χ3v) is 7.76. The van der Waals surface area contributed by atoms with Gasteiger partial charge in [0.05, 0.1) is 20.9 Å². The van der Waals surface area contributed by atoms with Crippen molar-refractivity contribution in [3.8, 4) is 0 Å². The zero-order valence-corrected chi connectivity index (χ0v) is 19.8. The molecule has 0 radical (unpaired) electrons. The molecular formula is C23H27N5O5S. The fourth-order valence-electron chi connectivity index (χ4n) is 4.21. The summed E-state index contributed by atoms with van der Waals surface area (Å²) in [6.07, 6.45) is 3.08. The highest BCUT2D eigenvalue weighted by atomic mass is 32.2. The molecule has 0 bridgehead atoms. The molecule has 1 fully saturated rings. The van der Waals surface area contributed by atoms with Gasteiger partial charge in [0.1, 0.15) is 5.82 Å². The lowest BCUT2D eigenvalue weighted by atomic mass is 10.2. The minimum absolute atomic E-state index is 0.0952. The van der Waals surface area contributed by atoms with Gasteiger partial charge in [-0.3, -0.25) is 14.9 Å². The molecule has 34 heavy (non-hydrogen) atoms. The van der Waals surface area contributed by atoms with E-state index in [1.54, 1.807) is 24.3 Å². The summed E-state index contributed by atoms with van der Waals surface area (Å²) in [7, 11) is -3.54. The van der Waals surface area contributed by atoms with Gasteiger partial charge in [-0.05, 0) is 43.5 Å². The molecule has 3 aromatic rings. The molecule has 0 atom stereocenters. The minimum atomic E-state index is -3.54. The molecule has 0 unspecified atom stereocenters. The molecule has 180 valence electrons. The molecule has 4 rings (SSSR count). The van der Waals surface area contributed by atoms with Gasteiger partial charge in [0.2, 0.25) is 15.9 Å². The number of nitro groups is 1. The van der Waals surface area contributed by atoms with Crippen LogP contribution in [0, 0.1) is 10.1 Å². The van der Waals surface area contributed by atoms with Crippen LogP contribution in [-0.2, 0) is 27.8 Å². The number of hydrogen-bond donors (Lipinski definition) is 1. The van der Waals surface area contributed by atoms with Crippen molar-refractivity contribution >= 4 is 38.3 Å². The molecule has 0 spiro atoms. The van der Waals surface area contributed by atoms with Crippen LogP contribution in [0.25, 0.3) is 11.0 Å². The Morgan fingerprint density at radius 1 is 1.18 bits per heavy atom. The number of hydrogen-bond acceptors (Lipinski definition) is 6. The number of sulfonamides is 1. The van der Waals surface area contributed by atoms with Crippen molar-refractivity contribution in [1.82, 2.24) is 13.9 Å². The molecule has 1 saturated heterocycles. The number of imidazole rings is 1. The van der Waals surface area contributed by atoms with E-state index in [0.717, 1.165) is 24.8 Å². The fourth-order valence-corrected chi connectivity index (χ4v) is 5.75. The van der Waals surface area contributed by atoms with Crippen LogP contribution in [0.15, 0.2) is 47.4 Å². The summed E-state index contributed by atoms with van der Waals surface area (Å²) in [5.41, 5.74) is 1.68. The van der Waals surface area contributed by atoms with Gasteiger partial charge in [0.25, 0.3) is 5.69 Å². The van der Waals surface area contributed by atoms with Crippen LogP contribution in [0.2, 0.25) is 0 Å². The van der Waals surface area contributed by atoms with E-state index >= 15 is 0 Å². The SMILES string of the molecule is CCCn1c(CCC(=O)Nc2cccc([N+](=O)[O-])c2)nc2cc(S(=O)(=O)N3CCCC3)ccc21. The summed E-state index contributed by atoms with van der Waals surface area (Å²) >= 11 is 0. The van der Waals surface area contributed by atoms with Crippen molar-refractivity contribution in [1.29, 1.82) is 0 Å². The Morgan fingerprint density at radius 2 is 1.94 bits per heavy atom. The number of benzene rings is 2. The van der Waals surface area contributed by atoms with E-state index in [0.29, 0.717) is 43.1 Å². The lowest BCUT2D eigenvalue weighted by molar-refractivity contribution is -0.384. The Labute approximate surface area is 197 Å². The monoisotopic (exact) mass is 485 g/mol. The lowest BCUT2D eigenvalue weighted by Crippen LogP contribution is -2.27. The Balaban J connectivity index is 1.53. The highest BCUT2D eigenvalue weighted by Gasteiger charge is 2.28. The van der Waals surface area contributed by atoms with E-state index in [1.807, 2.05) is 11.5 Å². The zero-order valence-electron chi connectivity index (χ0n) is 18.9. The van der Waals surface area contributed by atoms with Crippen LogP contribution < -0.4 is 5.32 Å². The maximum Gasteiger partial charge on any atom is 0.271 e. The van der Waals surface area contributed by atoms with Crippen molar-refractivity contribution in [2.75, 3.05) is 18.4 Å². The van der Waals surface area contributed by atoms with Crippen molar-refractivity contribution in [2.45, 2.75) is 50.5 Å². The average molecular weight is 486 g/mol. The molecule has 11 heteroatoms. The van der Waals surface area contributed by atoms with E-state index in [4.69, 9.17) is 0 Å². The molecule has 2 aromatic carbocycles. The van der Waals surface area contributed by atoms with Gasteiger partial charge in [-0.25, -0.2) is 13.4 Å². The molecule has 1 aliphatic rings. The zero-order chi connectivity index (χ0) is 24.3. The van der Waals surface area contributed by atoms with E-state index in [2.05, 4.69) is 10.3 Å². The Hall–Kier alpha value is -3.31. The number of fused-ring (bicyclic) bond motifs is 1. The van der Waals surface area contributed by atoms with Gasteiger partial charge < -0.3 is 9.88 Å². The van der Waals surface area contributed by atoms with Gasteiger partial charge in [0.15, 0.2) is 0 Å². The van der Waals surface area contributed by atoms with Crippen LogP contribution in [-0.4, -0.2) is 46.2 Å². The molecule has 10 nitrogen and oxygen atoms in total. The molecule has 0 aliphatic carbocycles. The number of nitro benzene ring substituents is 1. The molecule has 1 amide bonds. The van der Waals surface area contributed by atoms with Gasteiger partial charge in [0, 0.05) is 50.3 Å². The summed E-state index contributed by atoms with van der Waals surface area (Å²) in [5, 5.41) is 13.6. The number of carbonyl (C=O) groups excluding carboxylic acids is 1. The third kappa shape index (κ3) is 4.95. The largest absolute Gasteiger partial charge is 0.328 e. The van der Waals surface area contributed by atoms with E-state index in [-0.39, 0.29) is 22.9 Å².